The van der Waals surface area contributed by atoms with Crippen molar-refractivity contribution in [2.45, 2.75) is 25.0 Å². The molecular weight excluding hydrogens is 340 g/mol. The highest BCUT2D eigenvalue weighted by atomic mass is 32.2. The Balaban J connectivity index is 2.17. The average Bonchev–Trinajstić information content (AvgIpc) is 3.03. The fourth-order valence-corrected chi connectivity index (χ4v) is 3.16. The van der Waals surface area contributed by atoms with Crippen LogP contribution in [0.1, 0.15) is 25.5 Å². The molecule has 0 fully saturated rings. The highest BCUT2D eigenvalue weighted by Gasteiger charge is 2.35. The maximum absolute atomic E-state index is 12.6. The van der Waals surface area contributed by atoms with Crippen molar-refractivity contribution in [2.24, 2.45) is 0 Å². The van der Waals surface area contributed by atoms with Crippen LogP contribution in [0.25, 0.3) is 0 Å². The van der Waals surface area contributed by atoms with Crippen LogP contribution in [0.2, 0.25) is 0 Å². The van der Waals surface area contributed by atoms with Gasteiger partial charge < -0.3 is 14.8 Å². The molecule has 0 saturated heterocycles. The molecule has 0 bridgehead atoms. The molecule has 1 atom stereocenters. The topological polar surface area (TPSA) is 78.3 Å². The Morgan fingerprint density at radius 3 is 2.92 bits per heavy atom. The predicted molar refractivity (Wildman–Crippen MR) is 95.9 cm³/mol. The second kappa shape index (κ2) is 7.18. The van der Waals surface area contributed by atoms with Crippen LogP contribution >= 0.6 is 11.8 Å². The molecule has 132 valence electrons. The van der Waals surface area contributed by atoms with Gasteiger partial charge in [-0.25, -0.2) is 9.48 Å². The van der Waals surface area contributed by atoms with E-state index >= 15 is 0 Å². The number of ether oxygens (including phenoxy) is 2. The van der Waals surface area contributed by atoms with E-state index in [4.69, 9.17) is 9.47 Å². The second-order valence-corrected chi connectivity index (χ2v) is 6.20. The summed E-state index contributed by atoms with van der Waals surface area (Å²) in [5.41, 5.74) is 2.10. The summed E-state index contributed by atoms with van der Waals surface area (Å²) >= 11 is 1.45. The van der Waals surface area contributed by atoms with Crippen LogP contribution < -0.4 is 10.1 Å². The van der Waals surface area contributed by atoms with Crippen molar-refractivity contribution in [3.05, 3.63) is 41.1 Å². The minimum absolute atomic E-state index is 0.306. The number of carbonyl (C=O) groups excluding carboxylic acids is 1. The number of hydrogen-bond donors (Lipinski definition) is 1. The molecule has 2 aromatic rings. The summed E-state index contributed by atoms with van der Waals surface area (Å²) in [6.07, 6.45) is 1.91. The van der Waals surface area contributed by atoms with Crippen molar-refractivity contribution in [1.82, 2.24) is 14.8 Å². The number of nitrogens with zero attached hydrogens (tertiary/aromatic N) is 3. The molecule has 1 N–H and O–H groups in total. The number of anilines is 1. The Bertz CT molecular complexity index is 831. The molecule has 1 aromatic heterocycles. The first-order valence-corrected chi connectivity index (χ1v) is 9.10. The number of thioether (sulfide) groups is 1. The third kappa shape index (κ3) is 3.21. The van der Waals surface area contributed by atoms with Crippen molar-refractivity contribution in [1.29, 1.82) is 0 Å². The third-order valence-electron chi connectivity index (χ3n) is 3.92. The molecule has 0 spiro atoms. The van der Waals surface area contributed by atoms with Gasteiger partial charge in [0.15, 0.2) is 0 Å². The van der Waals surface area contributed by atoms with Crippen LogP contribution in [0.15, 0.2) is 40.7 Å². The van der Waals surface area contributed by atoms with Gasteiger partial charge in [0.2, 0.25) is 11.1 Å². The third-order valence-corrected chi connectivity index (χ3v) is 4.46. The van der Waals surface area contributed by atoms with E-state index in [-0.39, 0.29) is 5.97 Å². The van der Waals surface area contributed by atoms with E-state index in [9.17, 15) is 4.79 Å². The Morgan fingerprint density at radius 1 is 1.44 bits per heavy atom. The fourth-order valence-electron chi connectivity index (χ4n) is 2.81. The average molecular weight is 360 g/mol. The summed E-state index contributed by atoms with van der Waals surface area (Å²) in [5.74, 6) is 0.943. The van der Waals surface area contributed by atoms with E-state index in [1.807, 2.05) is 37.4 Å². The summed E-state index contributed by atoms with van der Waals surface area (Å²) in [7, 11) is 1.61. The zero-order chi connectivity index (χ0) is 18.0. The Labute approximate surface area is 150 Å². The standard InChI is InChI=1S/C17H20N4O3S/c1-5-24-15(22)13-10(2)18-16-19-17(25-4)20-21(16)14(13)11-7-6-8-12(9-11)23-3/h6-9,14H,5H2,1-4H3,(H,18,19,20)/t14-/m1/s1. The number of benzene rings is 1. The molecule has 0 aliphatic carbocycles. The van der Waals surface area contributed by atoms with E-state index in [1.165, 1.54) is 11.8 Å². The first-order chi connectivity index (χ1) is 12.1. The second-order valence-electron chi connectivity index (χ2n) is 5.43. The van der Waals surface area contributed by atoms with Gasteiger partial charge in [-0.15, -0.1) is 5.10 Å². The summed E-state index contributed by atoms with van der Waals surface area (Å²) in [4.78, 5) is 17.1. The van der Waals surface area contributed by atoms with Crippen LogP contribution in [0.5, 0.6) is 5.75 Å². The SMILES string of the molecule is CCOC(=O)C1=C(C)Nc2nc(SC)nn2[C@@H]1c1cccc(OC)c1. The van der Waals surface area contributed by atoms with E-state index < -0.39 is 6.04 Å². The Morgan fingerprint density at radius 2 is 2.24 bits per heavy atom. The van der Waals surface area contributed by atoms with E-state index in [2.05, 4.69) is 15.4 Å². The molecule has 7 nitrogen and oxygen atoms in total. The molecule has 2 heterocycles. The van der Waals surface area contributed by atoms with Gasteiger partial charge in [0.1, 0.15) is 11.8 Å². The molecular formula is C17H20N4O3S. The summed E-state index contributed by atoms with van der Waals surface area (Å²) in [6, 6.07) is 7.15. The summed E-state index contributed by atoms with van der Waals surface area (Å²) < 4.78 is 12.3. The number of carbonyl (C=O) groups is 1. The maximum Gasteiger partial charge on any atom is 0.338 e. The van der Waals surface area contributed by atoms with Gasteiger partial charge in [0, 0.05) is 5.70 Å². The molecule has 0 radical (unpaired) electrons. The molecule has 1 aromatic carbocycles. The van der Waals surface area contributed by atoms with E-state index in [0.29, 0.717) is 34.7 Å². The number of nitrogens with one attached hydrogen (secondary N) is 1. The summed E-state index contributed by atoms with van der Waals surface area (Å²) in [5, 5.41) is 8.32. The molecule has 3 rings (SSSR count). The number of aromatic nitrogens is 3. The first kappa shape index (κ1) is 17.3. The van der Waals surface area contributed by atoms with Crippen molar-refractivity contribution in [3.63, 3.8) is 0 Å². The highest BCUT2D eigenvalue weighted by Crippen LogP contribution is 2.37. The zero-order valence-corrected chi connectivity index (χ0v) is 15.4. The van der Waals surface area contributed by atoms with Crippen molar-refractivity contribution in [2.75, 3.05) is 25.3 Å². The molecule has 1 aliphatic heterocycles. The lowest BCUT2D eigenvalue weighted by Gasteiger charge is -2.28. The van der Waals surface area contributed by atoms with Crippen LogP contribution in [-0.2, 0) is 9.53 Å². The molecule has 0 saturated carbocycles. The first-order valence-electron chi connectivity index (χ1n) is 7.88. The number of methoxy groups -OCH3 is 1. The van der Waals surface area contributed by atoms with Crippen LogP contribution in [0, 0.1) is 0 Å². The summed E-state index contributed by atoms with van der Waals surface area (Å²) in [6.45, 7) is 3.94. The Kier molecular flexibility index (Phi) is 4.98. The fraction of sp³-hybridized carbons (Fsp3) is 0.353. The highest BCUT2D eigenvalue weighted by molar-refractivity contribution is 7.98. The van der Waals surface area contributed by atoms with Crippen molar-refractivity contribution >= 4 is 23.7 Å². The minimum atomic E-state index is -0.432. The monoisotopic (exact) mass is 360 g/mol. The predicted octanol–water partition coefficient (Wildman–Crippen LogP) is 2.86. The number of allylic oxidation sites excluding steroid dienone is 1. The zero-order valence-electron chi connectivity index (χ0n) is 14.6. The van der Waals surface area contributed by atoms with Gasteiger partial charge in [-0.1, -0.05) is 23.9 Å². The van der Waals surface area contributed by atoms with Crippen LogP contribution in [0.3, 0.4) is 0 Å². The molecule has 0 unspecified atom stereocenters. The lowest BCUT2D eigenvalue weighted by molar-refractivity contribution is -0.139. The van der Waals surface area contributed by atoms with Gasteiger partial charge in [-0.2, -0.15) is 4.98 Å². The molecule has 0 amide bonds. The smallest absolute Gasteiger partial charge is 0.338 e. The minimum Gasteiger partial charge on any atom is -0.497 e. The van der Waals surface area contributed by atoms with Gasteiger partial charge >= 0.3 is 5.97 Å². The maximum atomic E-state index is 12.6. The number of hydrogen-bond acceptors (Lipinski definition) is 7. The lowest BCUT2D eigenvalue weighted by Crippen LogP contribution is -2.29. The molecule has 25 heavy (non-hydrogen) atoms. The van der Waals surface area contributed by atoms with Gasteiger partial charge in [-0.05, 0) is 37.8 Å². The largest absolute Gasteiger partial charge is 0.497 e. The van der Waals surface area contributed by atoms with Crippen LogP contribution in [0.4, 0.5) is 5.95 Å². The molecule has 1 aliphatic rings. The lowest BCUT2D eigenvalue weighted by atomic mass is 9.95. The normalized spacial score (nSPS) is 16.2. The number of fused-ring (bicyclic) bond motifs is 1. The van der Waals surface area contributed by atoms with Crippen molar-refractivity contribution in [3.8, 4) is 5.75 Å². The van der Waals surface area contributed by atoms with E-state index in [1.54, 1.807) is 18.7 Å². The van der Waals surface area contributed by atoms with E-state index in [0.717, 1.165) is 5.56 Å². The number of rotatable bonds is 5. The van der Waals surface area contributed by atoms with Gasteiger partial charge in [0.25, 0.3) is 0 Å². The van der Waals surface area contributed by atoms with Gasteiger partial charge in [0.05, 0.1) is 19.3 Å². The van der Waals surface area contributed by atoms with Crippen molar-refractivity contribution < 1.29 is 14.3 Å². The van der Waals surface area contributed by atoms with Crippen LogP contribution in [-0.4, -0.2) is 40.7 Å². The quantitative estimate of drug-likeness (QED) is 0.649. The Hall–Kier alpha value is -2.48. The van der Waals surface area contributed by atoms with Gasteiger partial charge in [-0.3, -0.25) is 0 Å². The molecule has 8 heteroatoms. The number of esters is 1.